The topological polar surface area (TPSA) is 67.6 Å². The summed E-state index contributed by atoms with van der Waals surface area (Å²) in [5.41, 5.74) is 8.23. The number of carbonyl (C=O) groups excluding carboxylic acids is 1. The van der Waals surface area contributed by atoms with Crippen molar-refractivity contribution in [3.8, 4) is 0 Å². The summed E-state index contributed by atoms with van der Waals surface area (Å²) in [7, 11) is 0. The van der Waals surface area contributed by atoms with Gasteiger partial charge in [-0.25, -0.2) is 4.79 Å². The number of carbonyl (C=O) groups is 1. The van der Waals surface area contributed by atoms with Crippen molar-refractivity contribution in [2.24, 2.45) is 0 Å². The van der Waals surface area contributed by atoms with E-state index in [0.717, 1.165) is 36.9 Å². The van der Waals surface area contributed by atoms with Gasteiger partial charge in [-0.2, -0.15) is 0 Å². The molecule has 3 N–H and O–H groups in total. The van der Waals surface area contributed by atoms with E-state index >= 15 is 0 Å². The summed E-state index contributed by atoms with van der Waals surface area (Å²) in [4.78, 5) is 14.8. The van der Waals surface area contributed by atoms with Gasteiger partial charge in [0.15, 0.2) is 0 Å². The maximum Gasteiger partial charge on any atom is 0.411 e. The van der Waals surface area contributed by atoms with Gasteiger partial charge in [-0.15, -0.1) is 0 Å². The predicted octanol–water partition coefficient (Wildman–Crippen LogP) is 5.62. The lowest BCUT2D eigenvalue weighted by atomic mass is 9.86. The van der Waals surface area contributed by atoms with Crippen molar-refractivity contribution < 1.29 is 9.53 Å². The van der Waals surface area contributed by atoms with E-state index in [9.17, 15) is 4.79 Å². The molecule has 29 heavy (non-hydrogen) atoms. The number of rotatable bonds is 4. The van der Waals surface area contributed by atoms with Gasteiger partial charge in [0.2, 0.25) is 0 Å². The first-order chi connectivity index (χ1) is 13.8. The highest BCUT2D eigenvalue weighted by Crippen LogP contribution is 2.44. The fourth-order valence-electron chi connectivity index (χ4n) is 4.71. The van der Waals surface area contributed by atoms with Crippen LogP contribution >= 0.6 is 11.6 Å². The normalized spacial score (nSPS) is 26.2. The second-order valence-corrected chi connectivity index (χ2v) is 9.01. The van der Waals surface area contributed by atoms with Crippen LogP contribution in [0.4, 0.5) is 16.2 Å². The summed E-state index contributed by atoms with van der Waals surface area (Å²) >= 11 is 6.00. The van der Waals surface area contributed by atoms with Gasteiger partial charge < -0.3 is 15.8 Å². The van der Waals surface area contributed by atoms with Gasteiger partial charge >= 0.3 is 6.09 Å². The third kappa shape index (κ3) is 4.01. The molecule has 0 bridgehead atoms. The lowest BCUT2D eigenvalue weighted by Crippen LogP contribution is -2.44. The van der Waals surface area contributed by atoms with E-state index in [-0.39, 0.29) is 18.2 Å². The molecule has 5 nitrogen and oxygen atoms in total. The van der Waals surface area contributed by atoms with Crippen LogP contribution in [0, 0.1) is 0 Å². The van der Waals surface area contributed by atoms with E-state index in [1.54, 1.807) is 6.07 Å². The van der Waals surface area contributed by atoms with Crippen LogP contribution in [0.2, 0.25) is 5.02 Å². The zero-order valence-electron chi connectivity index (χ0n) is 16.9. The first kappa shape index (κ1) is 19.9. The average Bonchev–Trinajstić information content (AvgIpc) is 2.93. The quantitative estimate of drug-likeness (QED) is 0.638. The number of cyclic esters (lactones) is 1. The minimum absolute atomic E-state index is 0.0716. The Kier molecular flexibility index (Phi) is 5.34. The number of hydrogen-bond donors (Lipinski definition) is 2. The number of nitrogens with one attached hydrogen (secondary N) is 1. The molecular formula is C23H28ClN3O2. The molecule has 1 heterocycles. The first-order valence-corrected chi connectivity index (χ1v) is 10.6. The van der Waals surface area contributed by atoms with Crippen molar-refractivity contribution >= 4 is 29.1 Å². The van der Waals surface area contributed by atoms with E-state index < -0.39 is 5.60 Å². The summed E-state index contributed by atoms with van der Waals surface area (Å²) in [5.74, 6) is 0. The third-order valence-corrected chi connectivity index (χ3v) is 6.31. The number of nitrogens with zero attached hydrogens (tertiary/aromatic N) is 1. The van der Waals surface area contributed by atoms with E-state index in [2.05, 4.69) is 17.4 Å². The van der Waals surface area contributed by atoms with Crippen LogP contribution in [-0.4, -0.2) is 28.7 Å². The second kappa shape index (κ2) is 7.79. The highest BCUT2D eigenvalue weighted by atomic mass is 35.5. The maximum atomic E-state index is 12.8. The molecule has 2 aliphatic rings. The minimum Gasteiger partial charge on any atom is -0.441 e. The van der Waals surface area contributed by atoms with Crippen molar-refractivity contribution in [1.82, 2.24) is 4.90 Å². The number of hydrogen-bond acceptors (Lipinski definition) is 4. The number of halogens is 1. The van der Waals surface area contributed by atoms with E-state index in [1.165, 1.54) is 0 Å². The molecule has 1 aliphatic carbocycles. The van der Waals surface area contributed by atoms with Gasteiger partial charge in [0.05, 0.1) is 17.4 Å². The Morgan fingerprint density at radius 1 is 1.10 bits per heavy atom. The summed E-state index contributed by atoms with van der Waals surface area (Å²) in [6.07, 6.45) is 3.60. The third-order valence-electron chi connectivity index (χ3n) is 6.08. The number of anilines is 2. The summed E-state index contributed by atoms with van der Waals surface area (Å²) in [6, 6.07) is 16.2. The molecule has 1 saturated carbocycles. The number of ether oxygens (including phenoxy) is 1. The second-order valence-electron chi connectivity index (χ2n) is 8.57. The molecule has 1 amide bonds. The Balaban J connectivity index is 1.46. The highest BCUT2D eigenvalue weighted by Gasteiger charge is 2.51. The van der Waals surface area contributed by atoms with Gasteiger partial charge in [0.25, 0.3) is 0 Å². The summed E-state index contributed by atoms with van der Waals surface area (Å²) in [6.45, 7) is 4.00. The highest BCUT2D eigenvalue weighted by molar-refractivity contribution is 6.31. The van der Waals surface area contributed by atoms with Crippen molar-refractivity contribution in [1.29, 1.82) is 0 Å². The Bertz CT molecular complexity index is 879. The summed E-state index contributed by atoms with van der Waals surface area (Å²) in [5, 5.41) is 4.18. The molecule has 1 atom stereocenters. The van der Waals surface area contributed by atoms with Crippen LogP contribution in [-0.2, 0) is 4.74 Å². The van der Waals surface area contributed by atoms with Crippen LogP contribution in [0.5, 0.6) is 0 Å². The minimum atomic E-state index is -0.550. The van der Waals surface area contributed by atoms with Gasteiger partial charge in [-0.3, -0.25) is 4.90 Å². The number of amides is 1. The zero-order valence-corrected chi connectivity index (χ0v) is 17.7. The average molecular weight is 414 g/mol. The van der Waals surface area contributed by atoms with E-state index in [1.807, 2.05) is 49.1 Å². The number of nitrogen functional groups attached to an aromatic ring is 1. The van der Waals surface area contributed by atoms with Crippen molar-refractivity contribution in [2.45, 2.75) is 63.3 Å². The van der Waals surface area contributed by atoms with E-state index in [0.29, 0.717) is 16.8 Å². The lowest BCUT2D eigenvalue weighted by Gasteiger charge is -2.38. The standard InChI is InChI=1S/C23H28ClN3O2/c1-23(2)21(15-6-4-3-5-7-15)27(22(28)29-23)18-11-9-17(10-12-18)26-20-13-8-16(24)14-19(20)25/h3-8,13-14,17-18,21,26H,9-12,25H2,1-2H3/t17-,18-,21-/m0/s1. The Morgan fingerprint density at radius 3 is 2.45 bits per heavy atom. The molecule has 0 aromatic heterocycles. The Morgan fingerprint density at radius 2 is 1.79 bits per heavy atom. The molecule has 4 rings (SSSR count). The van der Waals surface area contributed by atoms with Gasteiger partial charge in [0.1, 0.15) is 5.60 Å². The smallest absolute Gasteiger partial charge is 0.411 e. The maximum absolute atomic E-state index is 12.8. The Hall–Kier alpha value is -2.40. The van der Waals surface area contributed by atoms with Gasteiger partial charge in [-0.05, 0) is 63.3 Å². The van der Waals surface area contributed by atoms with Gasteiger partial charge in [-0.1, -0.05) is 41.9 Å². The Labute approximate surface area is 177 Å². The van der Waals surface area contributed by atoms with Crippen molar-refractivity contribution in [3.05, 3.63) is 59.1 Å². The molecule has 0 spiro atoms. The zero-order chi connectivity index (χ0) is 20.6. The van der Waals surface area contributed by atoms with Crippen LogP contribution in [0.25, 0.3) is 0 Å². The fourth-order valence-corrected chi connectivity index (χ4v) is 4.89. The fraction of sp³-hybridized carbons (Fsp3) is 0.435. The van der Waals surface area contributed by atoms with Gasteiger partial charge in [0, 0.05) is 17.1 Å². The molecule has 1 saturated heterocycles. The molecule has 6 heteroatoms. The molecule has 0 unspecified atom stereocenters. The molecule has 1 aliphatic heterocycles. The largest absolute Gasteiger partial charge is 0.441 e. The first-order valence-electron chi connectivity index (χ1n) is 10.2. The van der Waals surface area contributed by atoms with Crippen LogP contribution in [0.1, 0.15) is 51.1 Å². The van der Waals surface area contributed by atoms with Crippen LogP contribution < -0.4 is 11.1 Å². The molecule has 154 valence electrons. The molecule has 2 fully saturated rings. The molecular weight excluding hydrogens is 386 g/mol. The molecule has 0 radical (unpaired) electrons. The van der Waals surface area contributed by atoms with Crippen LogP contribution in [0.15, 0.2) is 48.5 Å². The summed E-state index contributed by atoms with van der Waals surface area (Å²) < 4.78 is 5.77. The van der Waals surface area contributed by atoms with Crippen molar-refractivity contribution in [3.63, 3.8) is 0 Å². The van der Waals surface area contributed by atoms with E-state index in [4.69, 9.17) is 22.1 Å². The number of benzene rings is 2. The molecule has 2 aromatic rings. The monoisotopic (exact) mass is 413 g/mol. The van der Waals surface area contributed by atoms with Crippen molar-refractivity contribution in [2.75, 3.05) is 11.1 Å². The number of nitrogens with two attached hydrogens (primary N) is 1. The molecule has 2 aromatic carbocycles. The van der Waals surface area contributed by atoms with Crippen LogP contribution in [0.3, 0.4) is 0 Å². The lowest BCUT2D eigenvalue weighted by molar-refractivity contribution is 0.0664. The predicted molar refractivity (Wildman–Crippen MR) is 117 cm³/mol. The SMILES string of the molecule is CC1(C)OC(=O)N([C@H]2CC[C@H](Nc3ccc(Cl)cc3N)CC2)[C@H]1c1ccccc1.